The number of hydrogen-bond donors (Lipinski definition) is 2. The van der Waals surface area contributed by atoms with Gasteiger partial charge in [0.25, 0.3) is 0 Å². The fourth-order valence-corrected chi connectivity index (χ4v) is 5.82. The van der Waals surface area contributed by atoms with Crippen molar-refractivity contribution in [3.8, 4) is 0 Å². The van der Waals surface area contributed by atoms with Crippen LogP contribution in [0.25, 0.3) is 0 Å². The zero-order chi connectivity index (χ0) is 23.6. The van der Waals surface area contributed by atoms with Crippen LogP contribution in [0.3, 0.4) is 0 Å². The molecule has 0 saturated carbocycles. The molecule has 33 heavy (non-hydrogen) atoms. The van der Waals surface area contributed by atoms with Gasteiger partial charge in [-0.05, 0) is 56.9 Å². The van der Waals surface area contributed by atoms with Crippen LogP contribution in [0.15, 0.2) is 24.3 Å². The number of carbonyl (C=O) groups excluding carboxylic acids is 3. The van der Waals surface area contributed by atoms with Crippen molar-refractivity contribution in [2.75, 3.05) is 25.1 Å². The summed E-state index contributed by atoms with van der Waals surface area (Å²) in [5.74, 6) is -2.36. The molecule has 2 bridgehead atoms. The molecule has 5 atom stereocenters. The SMILES string of the molecule is CCOC(=O)[C@@H]1[C@@H]2CCC3(O2)C(C(=O)Nc2ccc(Cl)cc2)N(CCCCCCO)C(=O)[C@H]13. The Kier molecular flexibility index (Phi) is 7.26. The number of nitrogens with zero attached hydrogens (tertiary/aromatic N) is 1. The summed E-state index contributed by atoms with van der Waals surface area (Å²) in [6.45, 7) is 2.49. The van der Waals surface area contributed by atoms with Crippen molar-refractivity contribution < 1.29 is 29.0 Å². The first kappa shape index (κ1) is 24.0. The Morgan fingerprint density at radius 1 is 1.24 bits per heavy atom. The van der Waals surface area contributed by atoms with Crippen molar-refractivity contribution in [1.82, 2.24) is 4.90 Å². The molecule has 0 radical (unpaired) electrons. The van der Waals surface area contributed by atoms with Crippen molar-refractivity contribution >= 4 is 35.1 Å². The number of aliphatic hydroxyl groups is 1. The van der Waals surface area contributed by atoms with Crippen molar-refractivity contribution in [2.45, 2.75) is 63.2 Å². The topological polar surface area (TPSA) is 105 Å². The average Bonchev–Trinajstić information content (AvgIpc) is 3.43. The number of ether oxygens (including phenoxy) is 2. The lowest BCUT2D eigenvalue weighted by Gasteiger charge is -2.33. The molecule has 3 aliphatic rings. The van der Waals surface area contributed by atoms with Gasteiger partial charge in [0, 0.05) is 23.9 Å². The third-order valence-electron chi connectivity index (χ3n) is 7.03. The van der Waals surface area contributed by atoms with Crippen molar-refractivity contribution in [3.05, 3.63) is 29.3 Å². The molecule has 2 N–H and O–H groups in total. The summed E-state index contributed by atoms with van der Waals surface area (Å²) < 4.78 is 11.6. The number of aliphatic hydroxyl groups excluding tert-OH is 1. The standard InChI is InChI=1S/C24H31ClN2O6/c1-2-32-23(31)18-17-11-12-24(33-17)19(18)22(30)27(13-5-3-4-6-14-28)20(24)21(29)26-16-9-7-15(25)8-10-16/h7-10,17-20,28H,2-6,11-14H2,1H3,(H,26,29)/t17-,18+,19-,20?,24?/m0/s1. The Balaban J connectivity index is 1.60. The van der Waals surface area contributed by atoms with E-state index < -0.39 is 35.6 Å². The van der Waals surface area contributed by atoms with E-state index in [2.05, 4.69) is 5.32 Å². The molecule has 3 fully saturated rings. The van der Waals surface area contributed by atoms with Crippen molar-refractivity contribution in [3.63, 3.8) is 0 Å². The quantitative estimate of drug-likeness (QED) is 0.395. The number of fused-ring (bicyclic) bond motifs is 1. The lowest BCUT2D eigenvalue weighted by Crippen LogP contribution is -2.53. The Morgan fingerprint density at radius 3 is 2.67 bits per heavy atom. The van der Waals surface area contributed by atoms with Gasteiger partial charge in [-0.1, -0.05) is 24.4 Å². The fourth-order valence-electron chi connectivity index (χ4n) is 5.69. The number of hydrogen-bond acceptors (Lipinski definition) is 6. The summed E-state index contributed by atoms with van der Waals surface area (Å²) in [5.41, 5.74) is -0.449. The lowest BCUT2D eigenvalue weighted by atomic mass is 9.71. The van der Waals surface area contributed by atoms with E-state index in [-0.39, 0.29) is 25.0 Å². The number of nitrogens with one attached hydrogen (secondary N) is 1. The summed E-state index contributed by atoms with van der Waals surface area (Å²) in [4.78, 5) is 41.5. The molecule has 3 saturated heterocycles. The highest BCUT2D eigenvalue weighted by Crippen LogP contribution is 2.58. The molecule has 0 aliphatic carbocycles. The van der Waals surface area contributed by atoms with E-state index in [1.807, 2.05) is 0 Å². The second kappa shape index (κ2) is 9.99. The van der Waals surface area contributed by atoms with Gasteiger partial charge >= 0.3 is 5.97 Å². The first-order valence-electron chi connectivity index (χ1n) is 11.7. The van der Waals surface area contributed by atoms with Gasteiger partial charge < -0.3 is 24.8 Å². The van der Waals surface area contributed by atoms with E-state index in [4.69, 9.17) is 26.2 Å². The summed E-state index contributed by atoms with van der Waals surface area (Å²) in [7, 11) is 0. The van der Waals surface area contributed by atoms with E-state index in [1.165, 1.54) is 0 Å². The molecule has 8 nitrogen and oxygen atoms in total. The minimum Gasteiger partial charge on any atom is -0.466 e. The molecule has 3 heterocycles. The van der Waals surface area contributed by atoms with Crippen LogP contribution >= 0.6 is 11.6 Å². The molecule has 180 valence electrons. The number of halogens is 1. The van der Waals surface area contributed by atoms with Gasteiger partial charge in [0.1, 0.15) is 11.6 Å². The number of benzene rings is 1. The van der Waals surface area contributed by atoms with Crippen LogP contribution < -0.4 is 5.32 Å². The molecule has 2 amide bonds. The van der Waals surface area contributed by atoms with Gasteiger partial charge in [-0.2, -0.15) is 0 Å². The second-order valence-corrected chi connectivity index (χ2v) is 9.41. The Bertz CT molecular complexity index is 893. The van der Waals surface area contributed by atoms with Gasteiger partial charge in [-0.15, -0.1) is 0 Å². The van der Waals surface area contributed by atoms with Gasteiger partial charge in [-0.3, -0.25) is 14.4 Å². The summed E-state index contributed by atoms with van der Waals surface area (Å²) in [6, 6.07) is 5.96. The number of esters is 1. The highest BCUT2D eigenvalue weighted by molar-refractivity contribution is 6.30. The van der Waals surface area contributed by atoms with Crippen molar-refractivity contribution in [2.24, 2.45) is 11.8 Å². The average molecular weight is 479 g/mol. The van der Waals surface area contributed by atoms with Gasteiger partial charge in [-0.25, -0.2) is 0 Å². The molecule has 2 unspecified atom stereocenters. The number of amides is 2. The molecule has 0 aromatic heterocycles. The number of unbranched alkanes of at least 4 members (excludes halogenated alkanes) is 3. The number of likely N-dealkylation sites (tertiary alicyclic amines) is 1. The first-order valence-corrected chi connectivity index (χ1v) is 12.1. The molecular weight excluding hydrogens is 448 g/mol. The number of carbonyl (C=O) groups is 3. The van der Waals surface area contributed by atoms with Crippen LogP contribution in [0.2, 0.25) is 5.02 Å². The van der Waals surface area contributed by atoms with Crippen LogP contribution in [0, 0.1) is 11.8 Å². The Morgan fingerprint density at radius 2 is 1.97 bits per heavy atom. The predicted octanol–water partition coefficient (Wildman–Crippen LogP) is 2.77. The molecular formula is C24H31ClN2O6. The summed E-state index contributed by atoms with van der Waals surface area (Å²) in [5, 5.41) is 12.5. The molecule has 4 rings (SSSR count). The number of rotatable bonds is 10. The van der Waals surface area contributed by atoms with E-state index in [0.29, 0.717) is 42.9 Å². The molecule has 1 aromatic carbocycles. The maximum absolute atomic E-state index is 13.6. The van der Waals surface area contributed by atoms with E-state index in [9.17, 15) is 14.4 Å². The highest BCUT2D eigenvalue weighted by atomic mass is 35.5. The van der Waals surface area contributed by atoms with E-state index in [1.54, 1.807) is 36.1 Å². The maximum Gasteiger partial charge on any atom is 0.312 e. The maximum atomic E-state index is 13.6. The number of anilines is 1. The van der Waals surface area contributed by atoms with Gasteiger partial charge in [0.15, 0.2) is 0 Å². The normalized spacial score (nSPS) is 29.9. The summed E-state index contributed by atoms with van der Waals surface area (Å²) >= 11 is 5.96. The van der Waals surface area contributed by atoms with Crippen LogP contribution in [0.5, 0.6) is 0 Å². The molecule has 3 aliphatic heterocycles. The molecule has 9 heteroatoms. The Hall–Kier alpha value is -2.16. The monoisotopic (exact) mass is 478 g/mol. The summed E-state index contributed by atoms with van der Waals surface area (Å²) in [6.07, 6.45) is 3.84. The fraction of sp³-hybridized carbons (Fsp3) is 0.625. The minimum atomic E-state index is -1.03. The largest absolute Gasteiger partial charge is 0.466 e. The van der Waals surface area contributed by atoms with Crippen LogP contribution in [0.4, 0.5) is 5.69 Å². The van der Waals surface area contributed by atoms with Crippen LogP contribution in [-0.4, -0.2) is 65.3 Å². The first-order chi connectivity index (χ1) is 15.9. The zero-order valence-electron chi connectivity index (χ0n) is 18.8. The second-order valence-electron chi connectivity index (χ2n) is 8.97. The van der Waals surface area contributed by atoms with E-state index >= 15 is 0 Å². The van der Waals surface area contributed by atoms with E-state index in [0.717, 1.165) is 12.8 Å². The van der Waals surface area contributed by atoms with Crippen LogP contribution in [-0.2, 0) is 23.9 Å². The third-order valence-corrected chi connectivity index (χ3v) is 7.28. The molecule has 1 spiro atoms. The van der Waals surface area contributed by atoms with Gasteiger partial charge in [0.05, 0.1) is 24.5 Å². The molecule has 1 aromatic rings. The third kappa shape index (κ3) is 4.36. The van der Waals surface area contributed by atoms with Crippen LogP contribution in [0.1, 0.15) is 45.4 Å². The highest BCUT2D eigenvalue weighted by Gasteiger charge is 2.74. The lowest BCUT2D eigenvalue weighted by molar-refractivity contribution is -0.154. The zero-order valence-corrected chi connectivity index (χ0v) is 19.6. The minimum absolute atomic E-state index is 0.135. The Labute approximate surface area is 198 Å². The van der Waals surface area contributed by atoms with Gasteiger partial charge in [0.2, 0.25) is 11.8 Å². The predicted molar refractivity (Wildman–Crippen MR) is 122 cm³/mol. The smallest absolute Gasteiger partial charge is 0.312 e. The van der Waals surface area contributed by atoms with Crippen molar-refractivity contribution in [1.29, 1.82) is 0 Å².